The molecule has 0 aliphatic carbocycles. The van der Waals surface area contributed by atoms with Gasteiger partial charge < -0.3 is 30.5 Å². The number of aliphatic hydroxyl groups excluding tert-OH is 4. The van der Waals surface area contributed by atoms with E-state index in [-0.39, 0.29) is 0 Å². The van der Waals surface area contributed by atoms with Crippen molar-refractivity contribution in [2.24, 2.45) is 0 Å². The molecular weight excluding hydrogens is 206 g/mol. The number of amides is 1. The minimum absolute atomic E-state index is 0.430. The van der Waals surface area contributed by atoms with Crippen LogP contribution in [0, 0.1) is 0 Å². The summed E-state index contributed by atoms with van der Waals surface area (Å²) in [5.74, 6) is -0.430. The molecular formula is C8H15NO6. The van der Waals surface area contributed by atoms with Gasteiger partial charge in [-0.1, -0.05) is 0 Å². The minimum atomic E-state index is -1.39. The summed E-state index contributed by atoms with van der Waals surface area (Å²) in [6, 6.07) is -0.992. The Bertz CT molecular complexity index is 235. The lowest BCUT2D eigenvalue weighted by molar-refractivity contribution is -0.141. The van der Waals surface area contributed by atoms with Gasteiger partial charge in [-0.2, -0.15) is 0 Å². The highest BCUT2D eigenvalue weighted by molar-refractivity contribution is 5.73. The molecule has 0 saturated carbocycles. The molecule has 1 aliphatic rings. The fourth-order valence-corrected chi connectivity index (χ4v) is 1.51. The van der Waals surface area contributed by atoms with E-state index in [1.807, 2.05) is 0 Å². The molecule has 0 radical (unpaired) electrons. The standard InChI is InChI=1S/C8H15NO6/c1-3(11)9-5-6(13)7(4(12)2-10)15-8(5)14/h4-8,10,12-14H,2H2,1H3,(H,9,11)/t4-,5+,6-,7+,8+/m1/s1. The molecule has 1 rings (SSSR count). The molecule has 5 atom stereocenters. The fourth-order valence-electron chi connectivity index (χ4n) is 1.51. The molecule has 1 saturated heterocycles. The summed E-state index contributed by atoms with van der Waals surface area (Å²) in [6.07, 6.45) is -5.06. The van der Waals surface area contributed by atoms with Crippen molar-refractivity contribution >= 4 is 5.91 Å². The first-order valence-corrected chi connectivity index (χ1v) is 4.55. The van der Waals surface area contributed by atoms with E-state index in [1.165, 1.54) is 6.92 Å². The second-order valence-electron chi connectivity index (χ2n) is 3.46. The number of carbonyl (C=O) groups is 1. The fraction of sp³-hybridized carbons (Fsp3) is 0.875. The Balaban J connectivity index is 2.65. The third-order valence-corrected chi connectivity index (χ3v) is 2.24. The summed E-state index contributed by atoms with van der Waals surface area (Å²) < 4.78 is 4.82. The van der Waals surface area contributed by atoms with Crippen LogP contribution in [0.25, 0.3) is 0 Å². The number of nitrogens with one attached hydrogen (secondary N) is 1. The second kappa shape index (κ2) is 4.86. The van der Waals surface area contributed by atoms with Crippen LogP contribution >= 0.6 is 0 Å². The summed E-state index contributed by atoms with van der Waals surface area (Å²) in [6.45, 7) is 0.635. The third-order valence-electron chi connectivity index (χ3n) is 2.24. The quantitative estimate of drug-likeness (QED) is 0.345. The Morgan fingerprint density at radius 1 is 1.53 bits per heavy atom. The molecule has 1 heterocycles. The van der Waals surface area contributed by atoms with Gasteiger partial charge in [0.05, 0.1) is 6.61 Å². The largest absolute Gasteiger partial charge is 0.394 e. The van der Waals surface area contributed by atoms with Crippen molar-refractivity contribution < 1.29 is 30.0 Å². The van der Waals surface area contributed by atoms with Crippen molar-refractivity contribution in [2.45, 2.75) is 37.6 Å². The van der Waals surface area contributed by atoms with Crippen LogP contribution in [-0.4, -0.2) is 63.6 Å². The van der Waals surface area contributed by atoms with Gasteiger partial charge in [0.15, 0.2) is 6.29 Å². The zero-order chi connectivity index (χ0) is 11.6. The van der Waals surface area contributed by atoms with Crippen molar-refractivity contribution in [2.75, 3.05) is 6.61 Å². The van der Waals surface area contributed by atoms with E-state index in [0.29, 0.717) is 0 Å². The SMILES string of the molecule is CC(=O)N[C@H]1[C@@H](O)[C@H]([C@H](O)CO)O[C@@H]1O. The molecule has 7 heteroatoms. The number of aliphatic hydroxyl groups is 4. The summed E-state index contributed by atoms with van der Waals surface area (Å²) in [5, 5.41) is 39.1. The molecule has 15 heavy (non-hydrogen) atoms. The summed E-state index contributed by atoms with van der Waals surface area (Å²) >= 11 is 0. The van der Waals surface area contributed by atoms with E-state index in [1.54, 1.807) is 0 Å². The lowest BCUT2D eigenvalue weighted by Crippen LogP contribution is -2.48. The average molecular weight is 221 g/mol. The zero-order valence-corrected chi connectivity index (χ0v) is 8.20. The highest BCUT2D eigenvalue weighted by Crippen LogP contribution is 2.22. The molecule has 0 bridgehead atoms. The van der Waals surface area contributed by atoms with Crippen LogP contribution in [0.3, 0.4) is 0 Å². The maximum atomic E-state index is 10.7. The maximum absolute atomic E-state index is 10.7. The maximum Gasteiger partial charge on any atom is 0.217 e. The Labute approximate surface area is 86.3 Å². The van der Waals surface area contributed by atoms with Gasteiger partial charge in [-0.15, -0.1) is 0 Å². The van der Waals surface area contributed by atoms with Gasteiger partial charge in [-0.05, 0) is 0 Å². The first kappa shape index (κ1) is 12.3. The first-order valence-electron chi connectivity index (χ1n) is 4.55. The van der Waals surface area contributed by atoms with Crippen LogP contribution in [0.1, 0.15) is 6.92 Å². The number of ether oxygens (including phenoxy) is 1. The van der Waals surface area contributed by atoms with Gasteiger partial charge in [0.2, 0.25) is 5.91 Å². The second-order valence-corrected chi connectivity index (χ2v) is 3.46. The third kappa shape index (κ3) is 2.64. The topological polar surface area (TPSA) is 119 Å². The highest BCUT2D eigenvalue weighted by atomic mass is 16.6. The molecule has 0 aromatic carbocycles. The molecule has 0 unspecified atom stereocenters. The molecule has 7 nitrogen and oxygen atoms in total. The smallest absolute Gasteiger partial charge is 0.217 e. The van der Waals surface area contributed by atoms with Gasteiger partial charge in [0, 0.05) is 6.92 Å². The summed E-state index contributed by atoms with van der Waals surface area (Å²) in [4.78, 5) is 10.7. The monoisotopic (exact) mass is 221 g/mol. The van der Waals surface area contributed by atoms with Crippen molar-refractivity contribution in [1.82, 2.24) is 5.32 Å². The number of rotatable bonds is 3. The van der Waals surface area contributed by atoms with Crippen molar-refractivity contribution in [3.63, 3.8) is 0 Å². The Morgan fingerprint density at radius 2 is 2.13 bits per heavy atom. The molecule has 0 spiro atoms. The van der Waals surface area contributed by atoms with Gasteiger partial charge in [-0.25, -0.2) is 0 Å². The van der Waals surface area contributed by atoms with Gasteiger partial charge in [0.1, 0.15) is 24.4 Å². The number of carbonyl (C=O) groups excluding carboxylic acids is 1. The molecule has 5 N–H and O–H groups in total. The van der Waals surface area contributed by atoms with Crippen LogP contribution in [-0.2, 0) is 9.53 Å². The van der Waals surface area contributed by atoms with E-state index in [9.17, 15) is 20.1 Å². The van der Waals surface area contributed by atoms with Crippen molar-refractivity contribution in [3.05, 3.63) is 0 Å². The molecule has 1 amide bonds. The number of hydrogen-bond donors (Lipinski definition) is 5. The van der Waals surface area contributed by atoms with E-state index in [4.69, 9.17) is 9.84 Å². The van der Waals surface area contributed by atoms with Crippen LogP contribution in [0.5, 0.6) is 0 Å². The van der Waals surface area contributed by atoms with E-state index >= 15 is 0 Å². The lowest BCUT2D eigenvalue weighted by atomic mass is 10.0. The van der Waals surface area contributed by atoms with E-state index < -0.39 is 43.2 Å². The van der Waals surface area contributed by atoms with Crippen LogP contribution in [0.15, 0.2) is 0 Å². The Kier molecular flexibility index (Phi) is 4.00. The van der Waals surface area contributed by atoms with E-state index in [0.717, 1.165) is 0 Å². The Morgan fingerprint density at radius 3 is 2.60 bits per heavy atom. The lowest BCUT2D eigenvalue weighted by Gasteiger charge is -2.20. The first-order chi connectivity index (χ1) is 6.97. The predicted octanol–water partition coefficient (Wildman–Crippen LogP) is -3.08. The zero-order valence-electron chi connectivity index (χ0n) is 8.20. The molecule has 1 aliphatic heterocycles. The summed E-state index contributed by atoms with van der Waals surface area (Å²) in [7, 11) is 0. The van der Waals surface area contributed by atoms with Crippen LogP contribution < -0.4 is 5.32 Å². The molecule has 0 aromatic heterocycles. The van der Waals surface area contributed by atoms with Crippen molar-refractivity contribution in [3.8, 4) is 0 Å². The molecule has 1 fully saturated rings. The average Bonchev–Trinajstić information content (AvgIpc) is 2.44. The number of hydrogen-bond acceptors (Lipinski definition) is 6. The van der Waals surface area contributed by atoms with Gasteiger partial charge >= 0.3 is 0 Å². The van der Waals surface area contributed by atoms with E-state index in [2.05, 4.69) is 5.32 Å². The Hall–Kier alpha value is -0.730. The summed E-state index contributed by atoms with van der Waals surface area (Å²) in [5.41, 5.74) is 0. The van der Waals surface area contributed by atoms with Crippen LogP contribution in [0.4, 0.5) is 0 Å². The van der Waals surface area contributed by atoms with Gasteiger partial charge in [-0.3, -0.25) is 4.79 Å². The molecule has 0 aromatic rings. The highest BCUT2D eigenvalue weighted by Gasteiger charge is 2.46. The van der Waals surface area contributed by atoms with Crippen molar-refractivity contribution in [1.29, 1.82) is 0 Å². The molecule has 88 valence electrons. The van der Waals surface area contributed by atoms with Gasteiger partial charge in [0.25, 0.3) is 0 Å². The predicted molar refractivity (Wildman–Crippen MR) is 47.6 cm³/mol. The normalized spacial score (nSPS) is 37.7. The minimum Gasteiger partial charge on any atom is -0.394 e. The van der Waals surface area contributed by atoms with Crippen LogP contribution in [0.2, 0.25) is 0 Å².